The van der Waals surface area contributed by atoms with Gasteiger partial charge in [-0.1, -0.05) is 12.1 Å². The van der Waals surface area contributed by atoms with E-state index in [4.69, 9.17) is 9.15 Å². The summed E-state index contributed by atoms with van der Waals surface area (Å²) in [7, 11) is 1.63. The predicted octanol–water partition coefficient (Wildman–Crippen LogP) is 2.41. The van der Waals surface area contributed by atoms with Gasteiger partial charge in [-0.05, 0) is 29.8 Å². The van der Waals surface area contributed by atoms with Crippen LogP contribution in [0, 0.1) is 5.92 Å². The van der Waals surface area contributed by atoms with Crippen LogP contribution < -0.4 is 5.32 Å². The minimum atomic E-state index is -0.349. The fourth-order valence-electron chi connectivity index (χ4n) is 2.84. The second-order valence-corrected chi connectivity index (χ2v) is 5.88. The van der Waals surface area contributed by atoms with Crippen LogP contribution in [0.3, 0.4) is 0 Å². The largest absolute Gasteiger partial charge is 0.467 e. The Morgan fingerprint density at radius 1 is 1.38 bits per heavy atom. The van der Waals surface area contributed by atoms with Crippen LogP contribution in [0.4, 0.5) is 5.69 Å². The maximum atomic E-state index is 12.4. The zero-order chi connectivity index (χ0) is 16.9. The monoisotopic (exact) mass is 328 g/mol. The smallest absolute Gasteiger partial charge is 0.229 e. The Labute approximate surface area is 140 Å². The van der Waals surface area contributed by atoms with Gasteiger partial charge in [-0.25, -0.2) is 0 Å². The van der Waals surface area contributed by atoms with Gasteiger partial charge in [-0.2, -0.15) is 0 Å². The maximum absolute atomic E-state index is 12.4. The van der Waals surface area contributed by atoms with Crippen LogP contribution >= 0.6 is 0 Å². The Morgan fingerprint density at radius 2 is 2.25 bits per heavy atom. The lowest BCUT2D eigenvalue weighted by Crippen LogP contribution is -2.27. The number of nitrogens with zero attached hydrogens (tertiary/aromatic N) is 1. The van der Waals surface area contributed by atoms with E-state index in [2.05, 4.69) is 5.32 Å². The number of rotatable bonds is 6. The highest BCUT2D eigenvalue weighted by atomic mass is 16.5. The fraction of sp³-hybridized carbons (Fsp3) is 0.333. The number of anilines is 1. The van der Waals surface area contributed by atoms with Gasteiger partial charge in [0.15, 0.2) is 0 Å². The molecule has 126 valence electrons. The van der Waals surface area contributed by atoms with Crippen molar-refractivity contribution in [3.8, 4) is 0 Å². The highest BCUT2D eigenvalue weighted by molar-refractivity contribution is 5.97. The molecule has 0 saturated carbocycles. The molecular weight excluding hydrogens is 308 g/mol. The Kier molecular flexibility index (Phi) is 4.96. The van der Waals surface area contributed by atoms with Crippen molar-refractivity contribution in [2.45, 2.75) is 19.6 Å². The number of methoxy groups -OCH3 is 1. The SMILES string of the molecule is COCc1cccc(NC(=O)C2CC(=O)N(Cc3ccco3)C2)c1. The molecule has 6 heteroatoms. The van der Waals surface area contributed by atoms with E-state index in [1.54, 1.807) is 24.3 Å². The topological polar surface area (TPSA) is 71.8 Å². The first kappa shape index (κ1) is 16.3. The second kappa shape index (κ2) is 7.31. The van der Waals surface area contributed by atoms with Gasteiger partial charge in [0.25, 0.3) is 0 Å². The Morgan fingerprint density at radius 3 is 3.00 bits per heavy atom. The molecule has 3 rings (SSSR count). The van der Waals surface area contributed by atoms with E-state index in [1.807, 2.05) is 30.3 Å². The Bertz CT molecular complexity index is 712. The van der Waals surface area contributed by atoms with Gasteiger partial charge in [0.2, 0.25) is 11.8 Å². The molecule has 0 spiro atoms. The zero-order valence-corrected chi connectivity index (χ0v) is 13.5. The summed E-state index contributed by atoms with van der Waals surface area (Å²) in [5.74, 6) is 0.203. The Balaban J connectivity index is 1.59. The van der Waals surface area contributed by atoms with Gasteiger partial charge >= 0.3 is 0 Å². The van der Waals surface area contributed by atoms with Crippen molar-refractivity contribution in [2.75, 3.05) is 19.0 Å². The molecule has 2 amide bonds. The molecule has 2 heterocycles. The number of amides is 2. The van der Waals surface area contributed by atoms with Crippen LogP contribution in [0.1, 0.15) is 17.7 Å². The molecule has 0 aliphatic carbocycles. The van der Waals surface area contributed by atoms with E-state index in [0.717, 1.165) is 11.3 Å². The number of carbonyl (C=O) groups excluding carboxylic acids is 2. The van der Waals surface area contributed by atoms with Crippen LogP contribution in [0.5, 0.6) is 0 Å². The first-order chi connectivity index (χ1) is 11.7. The molecule has 1 atom stereocenters. The van der Waals surface area contributed by atoms with Gasteiger partial charge in [0.05, 0.1) is 25.3 Å². The molecule has 1 unspecified atom stereocenters. The summed E-state index contributed by atoms with van der Waals surface area (Å²) >= 11 is 0. The van der Waals surface area contributed by atoms with Crippen LogP contribution in [-0.2, 0) is 27.5 Å². The second-order valence-electron chi connectivity index (χ2n) is 5.88. The van der Waals surface area contributed by atoms with Crippen molar-refractivity contribution >= 4 is 17.5 Å². The number of furan rings is 1. The van der Waals surface area contributed by atoms with Crippen molar-refractivity contribution in [1.29, 1.82) is 0 Å². The molecule has 6 nitrogen and oxygen atoms in total. The van der Waals surface area contributed by atoms with Crippen LogP contribution in [0.25, 0.3) is 0 Å². The third-order valence-electron chi connectivity index (χ3n) is 4.02. The quantitative estimate of drug-likeness (QED) is 0.884. The molecule has 1 aromatic heterocycles. The van der Waals surface area contributed by atoms with E-state index in [1.165, 1.54) is 0 Å². The molecule has 1 aromatic carbocycles. The highest BCUT2D eigenvalue weighted by Crippen LogP contribution is 2.22. The number of hydrogen-bond acceptors (Lipinski definition) is 4. The molecule has 24 heavy (non-hydrogen) atoms. The van der Waals surface area contributed by atoms with Gasteiger partial charge in [0.1, 0.15) is 5.76 Å². The fourth-order valence-corrected chi connectivity index (χ4v) is 2.84. The van der Waals surface area contributed by atoms with Gasteiger partial charge in [-0.15, -0.1) is 0 Å². The number of hydrogen-bond donors (Lipinski definition) is 1. The molecule has 1 saturated heterocycles. The summed E-state index contributed by atoms with van der Waals surface area (Å²) in [6.45, 7) is 1.30. The molecule has 1 aliphatic rings. The number of likely N-dealkylation sites (tertiary alicyclic amines) is 1. The van der Waals surface area contributed by atoms with Gasteiger partial charge in [0, 0.05) is 25.8 Å². The summed E-state index contributed by atoms with van der Waals surface area (Å²) in [6.07, 6.45) is 1.80. The lowest BCUT2D eigenvalue weighted by atomic mass is 10.1. The molecular formula is C18H20N2O4. The van der Waals surface area contributed by atoms with Crippen LogP contribution in [0.15, 0.2) is 47.1 Å². The Hall–Kier alpha value is -2.60. The summed E-state index contributed by atoms with van der Waals surface area (Å²) < 4.78 is 10.4. The number of nitrogens with one attached hydrogen (secondary N) is 1. The van der Waals surface area contributed by atoms with E-state index < -0.39 is 0 Å². The molecule has 0 bridgehead atoms. The summed E-state index contributed by atoms with van der Waals surface area (Å²) in [5.41, 5.74) is 1.70. The van der Waals surface area contributed by atoms with E-state index >= 15 is 0 Å². The molecule has 1 aliphatic heterocycles. The first-order valence-corrected chi connectivity index (χ1v) is 7.84. The van der Waals surface area contributed by atoms with Crippen molar-refractivity contribution in [3.63, 3.8) is 0 Å². The minimum Gasteiger partial charge on any atom is -0.467 e. The average Bonchev–Trinajstić information content (AvgIpc) is 3.19. The van der Waals surface area contributed by atoms with Crippen molar-refractivity contribution in [1.82, 2.24) is 4.90 Å². The molecule has 1 N–H and O–H groups in total. The molecule has 0 radical (unpaired) electrons. The predicted molar refractivity (Wildman–Crippen MR) is 88.0 cm³/mol. The third kappa shape index (κ3) is 3.83. The lowest BCUT2D eigenvalue weighted by molar-refractivity contribution is -0.128. The number of ether oxygens (including phenoxy) is 1. The normalized spacial score (nSPS) is 17.3. The first-order valence-electron chi connectivity index (χ1n) is 7.84. The van der Waals surface area contributed by atoms with E-state index in [-0.39, 0.29) is 24.2 Å². The van der Waals surface area contributed by atoms with E-state index in [9.17, 15) is 9.59 Å². The van der Waals surface area contributed by atoms with Crippen molar-refractivity contribution in [2.24, 2.45) is 5.92 Å². The lowest BCUT2D eigenvalue weighted by Gasteiger charge is -2.15. The highest BCUT2D eigenvalue weighted by Gasteiger charge is 2.34. The summed E-state index contributed by atoms with van der Waals surface area (Å²) in [4.78, 5) is 26.2. The number of benzene rings is 1. The van der Waals surface area contributed by atoms with Gasteiger partial charge < -0.3 is 19.4 Å². The average molecular weight is 328 g/mol. The molecule has 1 fully saturated rings. The zero-order valence-electron chi connectivity index (χ0n) is 13.5. The summed E-state index contributed by atoms with van der Waals surface area (Å²) in [5, 5.41) is 2.89. The minimum absolute atomic E-state index is 0.0281. The van der Waals surface area contributed by atoms with Crippen molar-refractivity contribution in [3.05, 3.63) is 54.0 Å². The van der Waals surface area contributed by atoms with E-state index in [0.29, 0.717) is 25.4 Å². The standard InChI is InChI=1S/C18H20N2O4/c1-23-12-13-4-2-5-15(8-13)19-18(22)14-9-17(21)20(10-14)11-16-6-3-7-24-16/h2-8,14H,9-12H2,1H3,(H,19,22). The maximum Gasteiger partial charge on any atom is 0.229 e. The van der Waals surface area contributed by atoms with Crippen LogP contribution in [-0.4, -0.2) is 30.4 Å². The summed E-state index contributed by atoms with van der Waals surface area (Å²) in [6, 6.07) is 11.1. The van der Waals surface area contributed by atoms with Crippen LogP contribution in [0.2, 0.25) is 0 Å². The van der Waals surface area contributed by atoms with Gasteiger partial charge in [-0.3, -0.25) is 9.59 Å². The molecule has 2 aromatic rings. The third-order valence-corrected chi connectivity index (χ3v) is 4.02. The van der Waals surface area contributed by atoms with Crippen molar-refractivity contribution < 1.29 is 18.7 Å². The number of carbonyl (C=O) groups is 2.